The maximum absolute atomic E-state index is 11.9. The Morgan fingerprint density at radius 2 is 1.96 bits per heavy atom. The van der Waals surface area contributed by atoms with E-state index in [1.165, 1.54) is 30.6 Å². The van der Waals surface area contributed by atoms with E-state index in [4.69, 9.17) is 16.3 Å². The maximum atomic E-state index is 11.9. The molecule has 1 atom stereocenters. The van der Waals surface area contributed by atoms with E-state index < -0.39 is 0 Å². The SMILES string of the molecule is CC(=O)NC1=NN(C(C)=O)[C@@H](c2cccc(OCc3ccc(Cl)cc3)c2)S1. The van der Waals surface area contributed by atoms with E-state index in [0.29, 0.717) is 22.5 Å². The average Bonchev–Trinajstić information content (AvgIpc) is 3.05. The molecular weight excluding hydrogens is 386 g/mol. The number of hydrazone groups is 1. The molecule has 0 bridgehead atoms. The first-order chi connectivity index (χ1) is 12.9. The van der Waals surface area contributed by atoms with E-state index in [1.807, 2.05) is 48.5 Å². The van der Waals surface area contributed by atoms with Crippen molar-refractivity contribution < 1.29 is 14.3 Å². The summed E-state index contributed by atoms with van der Waals surface area (Å²) in [4.78, 5) is 23.2. The molecule has 0 fully saturated rings. The van der Waals surface area contributed by atoms with Crippen molar-refractivity contribution in [3.05, 3.63) is 64.7 Å². The highest BCUT2D eigenvalue weighted by Gasteiger charge is 2.32. The lowest BCUT2D eigenvalue weighted by atomic mass is 10.2. The molecule has 27 heavy (non-hydrogen) atoms. The third-order valence-electron chi connectivity index (χ3n) is 3.71. The summed E-state index contributed by atoms with van der Waals surface area (Å²) in [5.74, 6) is 0.241. The number of amidine groups is 1. The Morgan fingerprint density at radius 3 is 2.63 bits per heavy atom. The number of carbonyl (C=O) groups is 2. The molecule has 2 aromatic rings. The molecule has 1 N–H and O–H groups in total. The quantitative estimate of drug-likeness (QED) is 0.839. The lowest BCUT2D eigenvalue weighted by Crippen LogP contribution is -2.25. The number of nitrogens with one attached hydrogen (secondary N) is 1. The van der Waals surface area contributed by atoms with Gasteiger partial charge in [-0.25, -0.2) is 5.01 Å². The van der Waals surface area contributed by atoms with Gasteiger partial charge in [-0.15, -0.1) is 5.10 Å². The number of carbonyl (C=O) groups excluding carboxylic acids is 2. The second-order valence-corrected chi connectivity index (χ2v) is 7.41. The summed E-state index contributed by atoms with van der Waals surface area (Å²) >= 11 is 7.20. The summed E-state index contributed by atoms with van der Waals surface area (Å²) in [6, 6.07) is 14.9. The van der Waals surface area contributed by atoms with Crippen LogP contribution in [0.2, 0.25) is 5.02 Å². The van der Waals surface area contributed by atoms with Gasteiger partial charge in [0.15, 0.2) is 5.17 Å². The third kappa shape index (κ3) is 5.02. The molecule has 0 aromatic heterocycles. The van der Waals surface area contributed by atoms with Crippen LogP contribution in [-0.4, -0.2) is 22.0 Å². The van der Waals surface area contributed by atoms with Crippen LogP contribution in [0.5, 0.6) is 5.75 Å². The van der Waals surface area contributed by atoms with Gasteiger partial charge in [0.2, 0.25) is 11.8 Å². The fourth-order valence-corrected chi connectivity index (χ4v) is 3.74. The lowest BCUT2D eigenvalue weighted by molar-refractivity contribution is -0.129. The van der Waals surface area contributed by atoms with Crippen molar-refractivity contribution >= 4 is 40.3 Å². The van der Waals surface area contributed by atoms with Crippen LogP contribution in [0.1, 0.15) is 30.3 Å². The van der Waals surface area contributed by atoms with E-state index in [-0.39, 0.29) is 17.2 Å². The van der Waals surface area contributed by atoms with E-state index in [2.05, 4.69) is 10.4 Å². The Balaban J connectivity index is 1.73. The molecule has 0 spiro atoms. The van der Waals surface area contributed by atoms with E-state index in [1.54, 1.807) is 0 Å². The van der Waals surface area contributed by atoms with Crippen molar-refractivity contribution in [2.24, 2.45) is 5.10 Å². The van der Waals surface area contributed by atoms with Crippen molar-refractivity contribution in [2.75, 3.05) is 0 Å². The molecule has 1 aliphatic rings. The van der Waals surface area contributed by atoms with Gasteiger partial charge in [0.25, 0.3) is 0 Å². The standard InChI is InChI=1S/C19H18ClN3O3S/c1-12(24)21-19-22-23(13(2)25)18(27-19)15-4-3-5-17(10-15)26-11-14-6-8-16(20)9-7-14/h3-10,18H,11H2,1-2H3,(H,21,22,24)/t18-/m1/s1. The van der Waals surface area contributed by atoms with Crippen LogP contribution in [0.4, 0.5) is 0 Å². The van der Waals surface area contributed by atoms with Gasteiger partial charge in [-0.3, -0.25) is 9.59 Å². The smallest absolute Gasteiger partial charge is 0.241 e. The molecule has 1 heterocycles. The van der Waals surface area contributed by atoms with Crippen LogP contribution in [0.25, 0.3) is 0 Å². The van der Waals surface area contributed by atoms with Gasteiger partial charge in [0.05, 0.1) is 0 Å². The number of hydrogen-bond donors (Lipinski definition) is 1. The number of rotatable bonds is 4. The van der Waals surface area contributed by atoms with Crippen LogP contribution < -0.4 is 10.1 Å². The number of benzene rings is 2. The summed E-state index contributed by atoms with van der Waals surface area (Å²) in [5.41, 5.74) is 1.86. The molecule has 6 nitrogen and oxygen atoms in total. The number of nitrogens with zero attached hydrogens (tertiary/aromatic N) is 2. The van der Waals surface area contributed by atoms with Gasteiger partial charge in [-0.05, 0) is 35.4 Å². The zero-order valence-electron chi connectivity index (χ0n) is 14.8. The maximum Gasteiger partial charge on any atom is 0.241 e. The van der Waals surface area contributed by atoms with Crippen molar-refractivity contribution in [2.45, 2.75) is 25.8 Å². The second-order valence-electron chi connectivity index (χ2n) is 5.91. The van der Waals surface area contributed by atoms with Gasteiger partial charge in [0, 0.05) is 18.9 Å². The second kappa shape index (κ2) is 8.45. The lowest BCUT2D eigenvalue weighted by Gasteiger charge is -2.19. The minimum absolute atomic E-state index is 0.208. The highest BCUT2D eigenvalue weighted by molar-refractivity contribution is 8.14. The molecule has 3 rings (SSSR count). The topological polar surface area (TPSA) is 71.0 Å². The first kappa shape index (κ1) is 19.3. The molecule has 0 aliphatic carbocycles. The molecule has 0 unspecified atom stereocenters. The Kier molecular flexibility index (Phi) is 6.03. The zero-order chi connectivity index (χ0) is 19.4. The monoisotopic (exact) mass is 403 g/mol. The summed E-state index contributed by atoms with van der Waals surface area (Å²) in [5, 5.41) is 8.90. The number of amides is 2. The Bertz CT molecular complexity index is 886. The van der Waals surface area contributed by atoms with Crippen molar-refractivity contribution in [3.8, 4) is 5.75 Å². The molecule has 2 amide bonds. The number of hydrogen-bond acceptors (Lipinski definition) is 5. The largest absolute Gasteiger partial charge is 0.489 e. The van der Waals surface area contributed by atoms with Crippen LogP contribution >= 0.6 is 23.4 Å². The average molecular weight is 404 g/mol. The molecule has 2 aromatic carbocycles. The molecule has 1 aliphatic heterocycles. The van der Waals surface area contributed by atoms with Crippen molar-refractivity contribution in [1.29, 1.82) is 0 Å². The van der Waals surface area contributed by atoms with Crippen LogP contribution in [0.3, 0.4) is 0 Å². The first-order valence-corrected chi connectivity index (χ1v) is 9.48. The molecule has 0 radical (unpaired) electrons. The summed E-state index contributed by atoms with van der Waals surface area (Å²) < 4.78 is 5.86. The number of halogens is 1. The molecule has 0 saturated heterocycles. The van der Waals surface area contributed by atoms with E-state index >= 15 is 0 Å². The Hall–Kier alpha value is -2.51. The van der Waals surface area contributed by atoms with Gasteiger partial charge < -0.3 is 10.1 Å². The zero-order valence-corrected chi connectivity index (χ0v) is 16.4. The van der Waals surface area contributed by atoms with Crippen LogP contribution in [0, 0.1) is 0 Å². The van der Waals surface area contributed by atoms with Gasteiger partial charge >= 0.3 is 0 Å². The normalized spacial score (nSPS) is 16.0. The van der Waals surface area contributed by atoms with E-state index in [9.17, 15) is 9.59 Å². The van der Waals surface area contributed by atoms with Crippen LogP contribution in [-0.2, 0) is 16.2 Å². The molecule has 140 valence electrons. The highest BCUT2D eigenvalue weighted by Crippen LogP contribution is 2.39. The fourth-order valence-electron chi connectivity index (χ4n) is 2.48. The van der Waals surface area contributed by atoms with Crippen LogP contribution in [0.15, 0.2) is 53.6 Å². The van der Waals surface area contributed by atoms with Gasteiger partial charge in [-0.1, -0.05) is 47.6 Å². The minimum Gasteiger partial charge on any atom is -0.489 e. The molecule has 8 heteroatoms. The first-order valence-electron chi connectivity index (χ1n) is 8.22. The minimum atomic E-state index is -0.358. The summed E-state index contributed by atoms with van der Waals surface area (Å²) in [6.07, 6.45) is 0. The predicted octanol–water partition coefficient (Wildman–Crippen LogP) is 3.92. The number of thioether (sulfide) groups is 1. The number of ether oxygens (including phenoxy) is 1. The van der Waals surface area contributed by atoms with E-state index in [0.717, 1.165) is 11.1 Å². The van der Waals surface area contributed by atoms with Crippen molar-refractivity contribution in [1.82, 2.24) is 10.3 Å². The van der Waals surface area contributed by atoms with Crippen molar-refractivity contribution in [3.63, 3.8) is 0 Å². The third-order valence-corrected chi connectivity index (χ3v) is 5.07. The van der Waals surface area contributed by atoms with Gasteiger partial charge in [0.1, 0.15) is 17.7 Å². The molecular formula is C19H18ClN3O3S. The predicted molar refractivity (Wildman–Crippen MR) is 106 cm³/mol. The van der Waals surface area contributed by atoms with Gasteiger partial charge in [-0.2, -0.15) is 0 Å². The fraction of sp³-hybridized carbons (Fsp3) is 0.211. The Labute approximate surface area is 166 Å². The molecule has 0 saturated carbocycles. The Morgan fingerprint density at radius 1 is 1.22 bits per heavy atom. The summed E-state index contributed by atoms with van der Waals surface area (Å²) in [7, 11) is 0. The highest BCUT2D eigenvalue weighted by atomic mass is 35.5. The summed E-state index contributed by atoms with van der Waals surface area (Å²) in [6.45, 7) is 3.25.